The molecule has 0 bridgehead atoms. The second-order valence-electron chi connectivity index (χ2n) is 7.01. The van der Waals surface area contributed by atoms with Crippen LogP contribution in [0, 0.1) is 0 Å². The van der Waals surface area contributed by atoms with Crippen molar-refractivity contribution in [1.29, 1.82) is 0 Å². The molecule has 2 aromatic carbocycles. The molecular formula is C21H23N3O. The minimum absolute atomic E-state index is 0.360. The third-order valence-electron chi connectivity index (χ3n) is 5.27. The number of amides is 1. The third kappa shape index (κ3) is 3.12. The molecule has 0 saturated carbocycles. The van der Waals surface area contributed by atoms with Gasteiger partial charge in [-0.25, -0.2) is 0 Å². The van der Waals surface area contributed by atoms with Crippen LogP contribution in [0.2, 0.25) is 0 Å². The molecule has 0 aromatic heterocycles. The number of fused-ring (bicyclic) bond motifs is 1. The maximum atomic E-state index is 11.3. The molecule has 128 valence electrons. The number of primary amides is 1. The van der Waals surface area contributed by atoms with E-state index in [1.807, 2.05) is 18.2 Å². The summed E-state index contributed by atoms with van der Waals surface area (Å²) >= 11 is 0. The van der Waals surface area contributed by atoms with Crippen molar-refractivity contribution in [2.24, 2.45) is 5.73 Å². The molecule has 4 rings (SSSR count). The molecule has 1 amide bonds. The molecule has 0 radical (unpaired) electrons. The van der Waals surface area contributed by atoms with E-state index in [0.29, 0.717) is 11.5 Å². The van der Waals surface area contributed by atoms with E-state index >= 15 is 0 Å². The highest BCUT2D eigenvalue weighted by molar-refractivity contribution is 5.93. The van der Waals surface area contributed by atoms with Gasteiger partial charge in [0.05, 0.1) is 0 Å². The van der Waals surface area contributed by atoms with Crippen molar-refractivity contribution in [2.45, 2.75) is 25.3 Å². The molecule has 0 aliphatic carbocycles. The Morgan fingerprint density at radius 1 is 1.24 bits per heavy atom. The quantitative estimate of drug-likeness (QED) is 0.904. The largest absolute Gasteiger partial charge is 0.388 e. The van der Waals surface area contributed by atoms with Crippen molar-refractivity contribution < 1.29 is 4.79 Å². The Hall–Kier alpha value is -2.75. The molecule has 2 aliphatic rings. The first-order valence-corrected chi connectivity index (χ1v) is 8.78. The molecule has 4 nitrogen and oxygen atoms in total. The van der Waals surface area contributed by atoms with Gasteiger partial charge in [0.25, 0.3) is 0 Å². The van der Waals surface area contributed by atoms with Gasteiger partial charge in [-0.2, -0.15) is 0 Å². The Bertz CT molecular complexity index is 826. The molecule has 1 saturated heterocycles. The summed E-state index contributed by atoms with van der Waals surface area (Å²) in [6.07, 6.45) is 1.99. The van der Waals surface area contributed by atoms with Crippen LogP contribution in [0.5, 0.6) is 0 Å². The minimum Gasteiger partial charge on any atom is -0.388 e. The van der Waals surface area contributed by atoms with Crippen molar-refractivity contribution in [2.75, 3.05) is 18.0 Å². The number of nitrogens with one attached hydrogen (secondary N) is 1. The van der Waals surface area contributed by atoms with Crippen molar-refractivity contribution in [3.05, 3.63) is 77.0 Å². The van der Waals surface area contributed by atoms with Gasteiger partial charge in [-0.05, 0) is 47.7 Å². The molecular weight excluding hydrogens is 310 g/mol. The molecule has 2 aliphatic heterocycles. The number of hydrogen-bond acceptors (Lipinski definition) is 3. The summed E-state index contributed by atoms with van der Waals surface area (Å²) in [7, 11) is 0. The van der Waals surface area contributed by atoms with Crippen LogP contribution >= 0.6 is 0 Å². The highest BCUT2D eigenvalue weighted by atomic mass is 16.1. The van der Waals surface area contributed by atoms with Crippen LogP contribution in [-0.2, 0) is 13.0 Å². The second kappa shape index (κ2) is 6.28. The number of benzene rings is 2. The second-order valence-corrected chi connectivity index (χ2v) is 7.01. The Labute approximate surface area is 148 Å². The molecule has 2 aromatic rings. The number of carbonyl (C=O) groups excluding carboxylic acids is 1. The first-order valence-electron chi connectivity index (χ1n) is 8.78. The highest BCUT2D eigenvalue weighted by Crippen LogP contribution is 2.31. The maximum absolute atomic E-state index is 11.3. The van der Waals surface area contributed by atoms with Gasteiger partial charge in [-0.1, -0.05) is 30.8 Å². The van der Waals surface area contributed by atoms with Gasteiger partial charge >= 0.3 is 0 Å². The molecule has 0 spiro atoms. The van der Waals surface area contributed by atoms with Gasteiger partial charge in [0.15, 0.2) is 0 Å². The molecule has 2 heterocycles. The van der Waals surface area contributed by atoms with Gasteiger partial charge in [-0.15, -0.1) is 0 Å². The van der Waals surface area contributed by atoms with Crippen LogP contribution in [0.1, 0.15) is 39.4 Å². The van der Waals surface area contributed by atoms with Gasteiger partial charge in [0.1, 0.15) is 0 Å². The number of anilines is 1. The van der Waals surface area contributed by atoms with Crippen LogP contribution in [0.15, 0.2) is 54.7 Å². The van der Waals surface area contributed by atoms with Crippen LogP contribution in [0.4, 0.5) is 5.69 Å². The molecule has 1 fully saturated rings. The number of nitrogens with two attached hydrogens (primary N) is 1. The van der Waals surface area contributed by atoms with E-state index in [4.69, 9.17) is 5.73 Å². The summed E-state index contributed by atoms with van der Waals surface area (Å²) in [6, 6.07) is 14.7. The fraction of sp³-hybridized carbons (Fsp3) is 0.286. The van der Waals surface area contributed by atoms with Crippen LogP contribution < -0.4 is 16.0 Å². The van der Waals surface area contributed by atoms with Crippen molar-refractivity contribution in [3.63, 3.8) is 0 Å². The smallest absolute Gasteiger partial charge is 0.248 e. The summed E-state index contributed by atoms with van der Waals surface area (Å²) in [4.78, 5) is 13.7. The van der Waals surface area contributed by atoms with Crippen molar-refractivity contribution in [1.82, 2.24) is 5.32 Å². The van der Waals surface area contributed by atoms with Gasteiger partial charge in [0, 0.05) is 42.5 Å². The van der Waals surface area contributed by atoms with Crippen LogP contribution in [0.3, 0.4) is 0 Å². The van der Waals surface area contributed by atoms with Gasteiger partial charge < -0.3 is 16.0 Å². The number of carbonyl (C=O) groups is 1. The van der Waals surface area contributed by atoms with Gasteiger partial charge in [-0.3, -0.25) is 4.79 Å². The zero-order valence-corrected chi connectivity index (χ0v) is 14.3. The van der Waals surface area contributed by atoms with E-state index in [1.165, 1.54) is 22.4 Å². The molecule has 1 unspecified atom stereocenters. The van der Waals surface area contributed by atoms with E-state index in [9.17, 15) is 4.79 Å². The first kappa shape index (κ1) is 15.8. The molecule has 25 heavy (non-hydrogen) atoms. The normalized spacial score (nSPS) is 19.0. The van der Waals surface area contributed by atoms with E-state index in [0.717, 1.165) is 38.2 Å². The summed E-state index contributed by atoms with van der Waals surface area (Å²) in [5, 5.41) is 3.33. The van der Waals surface area contributed by atoms with Crippen molar-refractivity contribution >= 4 is 11.6 Å². The topological polar surface area (TPSA) is 58.4 Å². The molecule has 4 heteroatoms. The lowest BCUT2D eigenvalue weighted by Gasteiger charge is -2.20. The average Bonchev–Trinajstić information content (AvgIpc) is 3.22. The SMILES string of the molecule is C=C1CC(c2ccc(CN3CCc4cc(C(N)=O)ccc43)cc2)CN1. The van der Waals surface area contributed by atoms with Crippen LogP contribution in [-0.4, -0.2) is 19.0 Å². The number of nitrogens with zero attached hydrogens (tertiary/aromatic N) is 1. The number of rotatable bonds is 4. The average molecular weight is 333 g/mol. The maximum Gasteiger partial charge on any atom is 0.248 e. The predicted molar refractivity (Wildman–Crippen MR) is 101 cm³/mol. The molecule has 3 N–H and O–H groups in total. The Kier molecular flexibility index (Phi) is 3.96. The zero-order chi connectivity index (χ0) is 17.4. The third-order valence-corrected chi connectivity index (χ3v) is 5.27. The van der Waals surface area contributed by atoms with E-state index in [-0.39, 0.29) is 5.91 Å². The monoisotopic (exact) mass is 333 g/mol. The fourth-order valence-corrected chi connectivity index (χ4v) is 3.85. The predicted octanol–water partition coefficient (Wildman–Crippen LogP) is 2.94. The Morgan fingerprint density at radius 2 is 2.04 bits per heavy atom. The highest BCUT2D eigenvalue weighted by Gasteiger charge is 2.21. The van der Waals surface area contributed by atoms with E-state index in [1.54, 1.807) is 0 Å². The van der Waals surface area contributed by atoms with E-state index < -0.39 is 0 Å². The zero-order valence-electron chi connectivity index (χ0n) is 14.3. The lowest BCUT2D eigenvalue weighted by Crippen LogP contribution is -2.19. The fourth-order valence-electron chi connectivity index (χ4n) is 3.85. The summed E-state index contributed by atoms with van der Waals surface area (Å²) < 4.78 is 0. The molecule has 1 atom stereocenters. The van der Waals surface area contributed by atoms with Crippen molar-refractivity contribution in [3.8, 4) is 0 Å². The summed E-state index contributed by atoms with van der Waals surface area (Å²) in [6.45, 7) is 6.86. The Balaban J connectivity index is 1.47. The summed E-state index contributed by atoms with van der Waals surface area (Å²) in [5.41, 5.74) is 12.2. The van der Waals surface area contributed by atoms with E-state index in [2.05, 4.69) is 41.1 Å². The number of allylic oxidation sites excluding steroid dienone is 1. The van der Waals surface area contributed by atoms with Crippen LogP contribution in [0.25, 0.3) is 0 Å². The number of hydrogen-bond donors (Lipinski definition) is 2. The van der Waals surface area contributed by atoms with Gasteiger partial charge in [0.2, 0.25) is 5.91 Å². The standard InChI is InChI=1S/C21H23N3O/c1-14-10-19(12-23-14)16-4-2-15(3-5-16)13-24-9-8-17-11-18(21(22)25)6-7-20(17)24/h2-7,11,19,23H,1,8-10,12-13H2,(H2,22,25). The Morgan fingerprint density at radius 3 is 2.72 bits per heavy atom. The lowest BCUT2D eigenvalue weighted by atomic mass is 9.97. The first-order chi connectivity index (χ1) is 12.1. The summed E-state index contributed by atoms with van der Waals surface area (Å²) in [5.74, 6) is 0.183. The lowest BCUT2D eigenvalue weighted by molar-refractivity contribution is 0.1000. The minimum atomic E-state index is -0.360.